The van der Waals surface area contributed by atoms with E-state index in [-0.39, 0.29) is 12.1 Å². The first kappa shape index (κ1) is 17.7. The minimum Gasteiger partial charge on any atom is -0.376 e. The number of aromatic nitrogens is 4. The van der Waals surface area contributed by atoms with E-state index in [1.165, 1.54) is 0 Å². The summed E-state index contributed by atoms with van der Waals surface area (Å²) in [7, 11) is 4.01. The lowest BCUT2D eigenvalue weighted by Crippen LogP contribution is -2.43. The molecule has 1 aliphatic rings. The summed E-state index contributed by atoms with van der Waals surface area (Å²) < 4.78 is 7.98. The van der Waals surface area contributed by atoms with Gasteiger partial charge in [-0.25, -0.2) is 15.0 Å². The van der Waals surface area contributed by atoms with Gasteiger partial charge in [-0.15, -0.1) is 0 Å². The number of nitrogens with one attached hydrogen (secondary N) is 1. The molecule has 0 unspecified atom stereocenters. The molecule has 3 rings (SSSR count). The summed E-state index contributed by atoms with van der Waals surface area (Å²) in [6.07, 6.45) is 7.78. The van der Waals surface area contributed by atoms with Crippen LogP contribution < -0.4 is 10.2 Å². The Kier molecular flexibility index (Phi) is 5.53. The van der Waals surface area contributed by atoms with Gasteiger partial charge in [-0.1, -0.05) is 13.8 Å². The van der Waals surface area contributed by atoms with Gasteiger partial charge in [0, 0.05) is 39.2 Å². The predicted molar refractivity (Wildman–Crippen MR) is 98.6 cm³/mol. The van der Waals surface area contributed by atoms with E-state index in [4.69, 9.17) is 4.74 Å². The number of rotatable bonds is 6. The number of hydrogen-bond acceptors (Lipinski definition) is 6. The summed E-state index contributed by atoms with van der Waals surface area (Å²) in [5.41, 5.74) is 0. The second kappa shape index (κ2) is 7.82. The van der Waals surface area contributed by atoms with Gasteiger partial charge in [-0.2, -0.15) is 0 Å². The molecule has 136 valence electrons. The number of anilines is 2. The maximum absolute atomic E-state index is 5.96. The zero-order valence-corrected chi connectivity index (χ0v) is 15.5. The van der Waals surface area contributed by atoms with Gasteiger partial charge in [0.2, 0.25) is 0 Å². The van der Waals surface area contributed by atoms with Gasteiger partial charge in [0.1, 0.15) is 23.8 Å². The van der Waals surface area contributed by atoms with E-state index in [2.05, 4.69) is 39.0 Å². The average molecular weight is 344 g/mol. The number of ether oxygens (including phenoxy) is 1. The molecule has 7 heteroatoms. The molecule has 0 amide bonds. The fourth-order valence-electron chi connectivity index (χ4n) is 3.28. The highest BCUT2D eigenvalue weighted by atomic mass is 16.5. The topological polar surface area (TPSA) is 68.1 Å². The van der Waals surface area contributed by atoms with Crippen molar-refractivity contribution < 1.29 is 4.74 Å². The molecule has 1 N–H and O–H groups in total. The van der Waals surface area contributed by atoms with Crippen LogP contribution in [0.2, 0.25) is 0 Å². The zero-order valence-electron chi connectivity index (χ0n) is 15.5. The van der Waals surface area contributed by atoms with Crippen molar-refractivity contribution in [1.82, 2.24) is 19.5 Å². The van der Waals surface area contributed by atoms with E-state index < -0.39 is 0 Å². The van der Waals surface area contributed by atoms with Gasteiger partial charge in [-0.3, -0.25) is 0 Å². The molecule has 25 heavy (non-hydrogen) atoms. The molecular weight excluding hydrogens is 316 g/mol. The third kappa shape index (κ3) is 4.28. The van der Waals surface area contributed by atoms with Gasteiger partial charge >= 0.3 is 0 Å². The molecule has 0 aliphatic carbocycles. The number of hydrogen-bond donors (Lipinski definition) is 1. The standard InChI is InChI=1S/C18H28N6O/c1-13(2)18-14(6-5-9-25-18)22-15-10-16(21-12-20-15)24(4)11-17-19-7-8-23(17)3/h7-8,10,12-14,18H,5-6,9,11H2,1-4H3,(H,20,21,22)/t14-,18+/m1/s1. The maximum Gasteiger partial charge on any atom is 0.134 e. The Morgan fingerprint density at radius 2 is 2.20 bits per heavy atom. The molecule has 3 heterocycles. The van der Waals surface area contributed by atoms with Crippen molar-refractivity contribution in [3.05, 3.63) is 30.6 Å². The van der Waals surface area contributed by atoms with Crippen molar-refractivity contribution in [2.75, 3.05) is 23.9 Å². The van der Waals surface area contributed by atoms with Gasteiger partial charge in [0.05, 0.1) is 18.7 Å². The SMILES string of the molecule is CC(C)[C@@H]1OCCC[C@H]1Nc1cc(N(C)Cc2nccn2C)ncn1. The van der Waals surface area contributed by atoms with Crippen molar-refractivity contribution >= 4 is 11.6 Å². The number of aryl methyl sites for hydroxylation is 1. The van der Waals surface area contributed by atoms with Crippen LogP contribution in [0.5, 0.6) is 0 Å². The lowest BCUT2D eigenvalue weighted by Gasteiger charge is -2.35. The first-order valence-electron chi connectivity index (χ1n) is 8.92. The molecule has 1 saturated heterocycles. The summed E-state index contributed by atoms with van der Waals surface area (Å²) in [4.78, 5) is 15.3. The quantitative estimate of drug-likeness (QED) is 0.868. The molecule has 0 aromatic carbocycles. The Morgan fingerprint density at radius 3 is 2.92 bits per heavy atom. The summed E-state index contributed by atoms with van der Waals surface area (Å²) in [6, 6.07) is 2.28. The molecule has 0 bridgehead atoms. The van der Waals surface area contributed by atoms with E-state index in [0.29, 0.717) is 12.5 Å². The smallest absolute Gasteiger partial charge is 0.134 e. The lowest BCUT2D eigenvalue weighted by molar-refractivity contribution is -0.0203. The molecule has 2 aromatic heterocycles. The number of imidazole rings is 1. The van der Waals surface area contributed by atoms with Crippen LogP contribution in [0.3, 0.4) is 0 Å². The summed E-state index contributed by atoms with van der Waals surface area (Å²) >= 11 is 0. The van der Waals surface area contributed by atoms with Crippen molar-refractivity contribution in [2.24, 2.45) is 13.0 Å². The van der Waals surface area contributed by atoms with Crippen LogP contribution >= 0.6 is 0 Å². The number of nitrogens with zero attached hydrogens (tertiary/aromatic N) is 5. The van der Waals surface area contributed by atoms with Crippen LogP contribution in [-0.4, -0.2) is 45.3 Å². The van der Waals surface area contributed by atoms with E-state index in [1.807, 2.05) is 37.1 Å². The highest BCUT2D eigenvalue weighted by Gasteiger charge is 2.28. The van der Waals surface area contributed by atoms with Gasteiger partial charge < -0.3 is 19.5 Å². The Balaban J connectivity index is 1.69. The van der Waals surface area contributed by atoms with Gasteiger partial charge in [0.25, 0.3) is 0 Å². The highest BCUT2D eigenvalue weighted by Crippen LogP contribution is 2.24. The van der Waals surface area contributed by atoms with Crippen molar-refractivity contribution in [3.8, 4) is 0 Å². The summed E-state index contributed by atoms with van der Waals surface area (Å²) in [6.45, 7) is 5.96. The third-order valence-corrected chi connectivity index (χ3v) is 4.70. The Bertz CT molecular complexity index is 686. The summed E-state index contributed by atoms with van der Waals surface area (Å²) in [5.74, 6) is 3.19. The van der Waals surface area contributed by atoms with E-state index >= 15 is 0 Å². The molecular formula is C18H28N6O. The second-order valence-electron chi connectivity index (χ2n) is 7.04. The van der Waals surface area contributed by atoms with Gasteiger partial charge in [-0.05, 0) is 18.8 Å². The maximum atomic E-state index is 5.96. The molecule has 0 radical (unpaired) electrons. The monoisotopic (exact) mass is 344 g/mol. The normalized spacial score (nSPS) is 20.7. The van der Waals surface area contributed by atoms with E-state index in [1.54, 1.807) is 6.33 Å². The first-order chi connectivity index (χ1) is 12.0. The van der Waals surface area contributed by atoms with Crippen molar-refractivity contribution in [3.63, 3.8) is 0 Å². The average Bonchev–Trinajstić information content (AvgIpc) is 3.00. The molecule has 0 saturated carbocycles. The molecule has 2 atom stereocenters. The molecule has 0 spiro atoms. The molecule has 7 nitrogen and oxygen atoms in total. The zero-order chi connectivity index (χ0) is 17.8. The van der Waals surface area contributed by atoms with Crippen LogP contribution in [0.1, 0.15) is 32.5 Å². The fourth-order valence-corrected chi connectivity index (χ4v) is 3.28. The van der Waals surface area contributed by atoms with Crippen LogP contribution in [-0.2, 0) is 18.3 Å². The lowest BCUT2D eigenvalue weighted by atomic mass is 9.94. The minimum absolute atomic E-state index is 0.220. The van der Waals surface area contributed by atoms with E-state index in [0.717, 1.165) is 36.9 Å². The van der Waals surface area contributed by atoms with Crippen molar-refractivity contribution in [1.29, 1.82) is 0 Å². The minimum atomic E-state index is 0.220. The fraction of sp³-hybridized carbons (Fsp3) is 0.611. The summed E-state index contributed by atoms with van der Waals surface area (Å²) in [5, 5.41) is 3.55. The predicted octanol–water partition coefficient (Wildman–Crippen LogP) is 2.46. The van der Waals surface area contributed by atoms with Crippen LogP contribution in [0, 0.1) is 5.92 Å². The highest BCUT2D eigenvalue weighted by molar-refractivity contribution is 5.48. The third-order valence-electron chi connectivity index (χ3n) is 4.70. The molecule has 1 aliphatic heterocycles. The first-order valence-corrected chi connectivity index (χ1v) is 8.92. The Labute approximate surface area is 149 Å². The molecule has 2 aromatic rings. The van der Waals surface area contributed by atoms with Crippen LogP contribution in [0.15, 0.2) is 24.8 Å². The van der Waals surface area contributed by atoms with Crippen LogP contribution in [0.25, 0.3) is 0 Å². The van der Waals surface area contributed by atoms with Crippen LogP contribution in [0.4, 0.5) is 11.6 Å². The van der Waals surface area contributed by atoms with Crippen molar-refractivity contribution in [2.45, 2.75) is 45.4 Å². The molecule has 1 fully saturated rings. The van der Waals surface area contributed by atoms with E-state index in [9.17, 15) is 0 Å². The Hall–Kier alpha value is -2.15. The van der Waals surface area contributed by atoms with Gasteiger partial charge in [0.15, 0.2) is 0 Å². The second-order valence-corrected chi connectivity index (χ2v) is 7.04. The Morgan fingerprint density at radius 1 is 1.36 bits per heavy atom. The largest absolute Gasteiger partial charge is 0.376 e.